The van der Waals surface area contributed by atoms with Gasteiger partial charge < -0.3 is 10.1 Å². The van der Waals surface area contributed by atoms with E-state index < -0.39 is 6.61 Å². The highest BCUT2D eigenvalue weighted by Gasteiger charge is 2.11. The van der Waals surface area contributed by atoms with Crippen molar-refractivity contribution in [3.05, 3.63) is 23.5 Å². The molecule has 0 aromatic carbocycles. The van der Waals surface area contributed by atoms with E-state index in [0.29, 0.717) is 12.2 Å². The van der Waals surface area contributed by atoms with E-state index in [9.17, 15) is 8.78 Å². The second-order valence-corrected chi connectivity index (χ2v) is 3.81. The van der Waals surface area contributed by atoms with Crippen molar-refractivity contribution in [2.45, 2.75) is 40.0 Å². The Morgan fingerprint density at radius 2 is 2.06 bits per heavy atom. The molecule has 0 aliphatic rings. The fraction of sp³-hybridized carbons (Fsp3) is 0.545. The molecule has 16 heavy (non-hydrogen) atoms. The zero-order valence-corrected chi connectivity index (χ0v) is 9.63. The summed E-state index contributed by atoms with van der Waals surface area (Å²) in [5, 5.41) is 3.12. The van der Waals surface area contributed by atoms with Crippen LogP contribution in [-0.2, 0) is 6.54 Å². The summed E-state index contributed by atoms with van der Waals surface area (Å²) >= 11 is 0. The van der Waals surface area contributed by atoms with Crippen LogP contribution in [0, 0.1) is 6.92 Å². The van der Waals surface area contributed by atoms with Crippen LogP contribution < -0.4 is 10.1 Å². The third-order valence-electron chi connectivity index (χ3n) is 1.97. The third kappa shape index (κ3) is 4.10. The lowest BCUT2D eigenvalue weighted by atomic mass is 10.2. The molecule has 0 aliphatic carbocycles. The fourth-order valence-corrected chi connectivity index (χ4v) is 1.23. The summed E-state index contributed by atoms with van der Waals surface area (Å²) in [7, 11) is 0. The van der Waals surface area contributed by atoms with Gasteiger partial charge in [-0.1, -0.05) is 13.8 Å². The van der Waals surface area contributed by atoms with Gasteiger partial charge in [0, 0.05) is 18.3 Å². The Hall–Kier alpha value is -1.23. The van der Waals surface area contributed by atoms with Crippen LogP contribution in [0.4, 0.5) is 8.78 Å². The van der Waals surface area contributed by atoms with Crippen LogP contribution in [0.5, 0.6) is 5.75 Å². The lowest BCUT2D eigenvalue weighted by Gasteiger charge is -2.12. The maximum atomic E-state index is 12.1. The highest BCUT2D eigenvalue weighted by molar-refractivity contribution is 5.29. The van der Waals surface area contributed by atoms with Crippen LogP contribution in [0.25, 0.3) is 0 Å². The molecule has 1 rings (SSSR count). The van der Waals surface area contributed by atoms with Crippen LogP contribution in [0.15, 0.2) is 12.1 Å². The Kier molecular flexibility index (Phi) is 4.61. The molecule has 0 spiro atoms. The normalized spacial score (nSPS) is 11.2. The summed E-state index contributed by atoms with van der Waals surface area (Å²) in [6.07, 6.45) is 0. The van der Waals surface area contributed by atoms with Gasteiger partial charge in [-0.3, -0.25) is 4.98 Å². The molecule has 5 heteroatoms. The molecule has 0 amide bonds. The van der Waals surface area contributed by atoms with E-state index in [1.54, 1.807) is 6.07 Å². The van der Waals surface area contributed by atoms with Gasteiger partial charge >= 0.3 is 6.61 Å². The van der Waals surface area contributed by atoms with Gasteiger partial charge in [0.05, 0.1) is 5.69 Å². The standard InChI is InChI=1S/C11H16F2N2O/c1-7(2)14-6-9-10(16-11(12)13)5-4-8(3)15-9/h4-5,7,11,14H,6H2,1-3H3. The maximum absolute atomic E-state index is 12.1. The first-order valence-corrected chi connectivity index (χ1v) is 5.13. The Balaban J connectivity index is 2.81. The molecular weight excluding hydrogens is 214 g/mol. The summed E-state index contributed by atoms with van der Waals surface area (Å²) in [5.41, 5.74) is 1.29. The Morgan fingerprint density at radius 1 is 1.38 bits per heavy atom. The van der Waals surface area contributed by atoms with E-state index in [0.717, 1.165) is 5.69 Å². The van der Waals surface area contributed by atoms with Gasteiger partial charge in [0.1, 0.15) is 5.75 Å². The van der Waals surface area contributed by atoms with Gasteiger partial charge in [0.25, 0.3) is 0 Å². The van der Waals surface area contributed by atoms with E-state index in [1.807, 2.05) is 20.8 Å². The Morgan fingerprint density at radius 3 is 2.62 bits per heavy atom. The number of halogens is 2. The Labute approximate surface area is 93.8 Å². The second kappa shape index (κ2) is 5.75. The lowest BCUT2D eigenvalue weighted by molar-refractivity contribution is -0.0508. The van der Waals surface area contributed by atoms with E-state index in [1.165, 1.54) is 6.07 Å². The summed E-state index contributed by atoms with van der Waals surface area (Å²) in [4.78, 5) is 4.18. The molecule has 0 radical (unpaired) electrons. The second-order valence-electron chi connectivity index (χ2n) is 3.81. The number of nitrogens with one attached hydrogen (secondary N) is 1. The van der Waals surface area contributed by atoms with Crippen LogP contribution in [0.2, 0.25) is 0 Å². The molecule has 3 nitrogen and oxygen atoms in total. The van der Waals surface area contributed by atoms with Gasteiger partial charge in [-0.2, -0.15) is 8.78 Å². The molecule has 1 heterocycles. The summed E-state index contributed by atoms with van der Waals surface area (Å²) in [5.74, 6) is 0.133. The molecule has 0 atom stereocenters. The smallest absolute Gasteiger partial charge is 0.387 e. The minimum atomic E-state index is -2.82. The van der Waals surface area contributed by atoms with Crippen molar-refractivity contribution < 1.29 is 13.5 Å². The summed E-state index contributed by atoms with van der Waals surface area (Å²) in [6, 6.07) is 3.43. The first kappa shape index (κ1) is 12.8. The highest BCUT2D eigenvalue weighted by atomic mass is 19.3. The minimum Gasteiger partial charge on any atom is -0.433 e. The number of pyridine rings is 1. The van der Waals surface area contributed by atoms with E-state index in [2.05, 4.69) is 15.0 Å². The van der Waals surface area contributed by atoms with Crippen molar-refractivity contribution in [2.24, 2.45) is 0 Å². The van der Waals surface area contributed by atoms with Gasteiger partial charge in [-0.15, -0.1) is 0 Å². The van der Waals surface area contributed by atoms with Gasteiger partial charge in [-0.25, -0.2) is 0 Å². The fourth-order valence-electron chi connectivity index (χ4n) is 1.23. The number of hydrogen-bond donors (Lipinski definition) is 1. The summed E-state index contributed by atoms with van der Waals surface area (Å²) < 4.78 is 28.7. The van der Waals surface area contributed by atoms with Crippen molar-refractivity contribution >= 4 is 0 Å². The zero-order valence-electron chi connectivity index (χ0n) is 9.63. The topological polar surface area (TPSA) is 34.1 Å². The van der Waals surface area contributed by atoms with Crippen molar-refractivity contribution in [1.29, 1.82) is 0 Å². The predicted molar refractivity (Wildman–Crippen MR) is 57.6 cm³/mol. The lowest BCUT2D eigenvalue weighted by Crippen LogP contribution is -2.23. The van der Waals surface area contributed by atoms with Crippen LogP contribution in [-0.4, -0.2) is 17.6 Å². The van der Waals surface area contributed by atoms with Crippen molar-refractivity contribution in [3.8, 4) is 5.75 Å². The number of hydrogen-bond acceptors (Lipinski definition) is 3. The number of nitrogens with zero attached hydrogens (tertiary/aromatic N) is 1. The van der Waals surface area contributed by atoms with E-state index in [4.69, 9.17) is 0 Å². The third-order valence-corrected chi connectivity index (χ3v) is 1.97. The maximum Gasteiger partial charge on any atom is 0.387 e. The first-order valence-electron chi connectivity index (χ1n) is 5.13. The monoisotopic (exact) mass is 230 g/mol. The van der Waals surface area contributed by atoms with Crippen molar-refractivity contribution in [3.63, 3.8) is 0 Å². The van der Waals surface area contributed by atoms with Gasteiger partial charge in [-0.05, 0) is 19.1 Å². The SMILES string of the molecule is Cc1ccc(OC(F)F)c(CNC(C)C)n1. The number of aryl methyl sites for hydroxylation is 1. The Bertz CT molecular complexity index is 343. The number of aromatic nitrogens is 1. The zero-order chi connectivity index (χ0) is 12.1. The number of alkyl halides is 2. The van der Waals surface area contributed by atoms with E-state index >= 15 is 0 Å². The first-order chi connectivity index (χ1) is 7.49. The van der Waals surface area contributed by atoms with Crippen molar-refractivity contribution in [1.82, 2.24) is 10.3 Å². The van der Waals surface area contributed by atoms with Crippen LogP contribution in [0.1, 0.15) is 25.2 Å². The van der Waals surface area contributed by atoms with Crippen molar-refractivity contribution in [2.75, 3.05) is 0 Å². The molecule has 0 unspecified atom stereocenters. The highest BCUT2D eigenvalue weighted by Crippen LogP contribution is 2.19. The molecule has 0 aliphatic heterocycles. The average Bonchev–Trinajstić information content (AvgIpc) is 2.17. The van der Waals surface area contributed by atoms with Gasteiger partial charge in [0.2, 0.25) is 0 Å². The predicted octanol–water partition coefficient (Wildman–Crippen LogP) is 2.49. The molecule has 0 saturated heterocycles. The number of rotatable bonds is 5. The molecule has 1 N–H and O–H groups in total. The van der Waals surface area contributed by atoms with E-state index in [-0.39, 0.29) is 11.8 Å². The molecule has 90 valence electrons. The number of ether oxygens (including phenoxy) is 1. The van der Waals surface area contributed by atoms with Gasteiger partial charge in [0.15, 0.2) is 0 Å². The largest absolute Gasteiger partial charge is 0.433 e. The molecule has 0 fully saturated rings. The molecule has 0 bridgehead atoms. The van der Waals surface area contributed by atoms with Crippen LogP contribution >= 0.6 is 0 Å². The molecule has 0 saturated carbocycles. The molecule has 1 aromatic heterocycles. The quantitative estimate of drug-likeness (QED) is 0.843. The average molecular weight is 230 g/mol. The molecule has 1 aromatic rings. The molecular formula is C11H16F2N2O. The van der Waals surface area contributed by atoms with Crippen LogP contribution in [0.3, 0.4) is 0 Å². The minimum absolute atomic E-state index is 0.133. The summed E-state index contributed by atoms with van der Waals surface area (Å²) in [6.45, 7) is 3.36.